The molecule has 1 saturated heterocycles. The van der Waals surface area contributed by atoms with Crippen LogP contribution in [0.4, 0.5) is 4.79 Å². The lowest BCUT2D eigenvalue weighted by Gasteiger charge is -2.33. The largest absolute Gasteiger partial charge is 0.344 e. The minimum Gasteiger partial charge on any atom is -0.322 e. The highest BCUT2D eigenvalue weighted by Gasteiger charge is 2.52. The number of carbonyl (C=O) groups is 3. The van der Waals surface area contributed by atoms with Crippen molar-refractivity contribution in [1.29, 1.82) is 0 Å². The van der Waals surface area contributed by atoms with Gasteiger partial charge in [-0.3, -0.25) is 15.0 Å². The van der Waals surface area contributed by atoms with Crippen molar-refractivity contribution in [2.24, 2.45) is 5.92 Å². The minimum atomic E-state index is -0.861. The number of fused-ring (bicyclic) bond motifs is 1. The Bertz CT molecular complexity index is 976. The van der Waals surface area contributed by atoms with Crippen LogP contribution in [0, 0.1) is 5.92 Å². The molecule has 1 aliphatic heterocycles. The normalized spacial score (nSPS) is 24.9. The van der Waals surface area contributed by atoms with E-state index >= 15 is 0 Å². The van der Waals surface area contributed by atoms with E-state index in [1.807, 2.05) is 31.2 Å². The van der Waals surface area contributed by atoms with Crippen LogP contribution in [0.1, 0.15) is 51.1 Å². The number of imide groups is 1. The van der Waals surface area contributed by atoms with Crippen molar-refractivity contribution in [3.05, 3.63) is 48.0 Å². The molecule has 158 valence electrons. The molecular weight excluding hydrogens is 380 g/mol. The number of hydrazine groups is 1. The SMILES string of the molecule is CC1CCC2(CC1)NC(=O)N(NC(=O)CN[C@@H](C)c1cccc3ccccc13)C2=O. The fourth-order valence-corrected chi connectivity index (χ4v) is 4.46. The molecule has 2 aromatic rings. The second-order valence-electron chi connectivity index (χ2n) is 8.54. The fraction of sp³-hybridized carbons (Fsp3) is 0.435. The van der Waals surface area contributed by atoms with Crippen LogP contribution in [0.25, 0.3) is 10.8 Å². The summed E-state index contributed by atoms with van der Waals surface area (Å²) in [7, 11) is 0. The third kappa shape index (κ3) is 3.77. The van der Waals surface area contributed by atoms with Gasteiger partial charge in [-0.2, -0.15) is 5.01 Å². The number of hydrogen-bond donors (Lipinski definition) is 3. The van der Waals surface area contributed by atoms with E-state index in [0.29, 0.717) is 18.8 Å². The average Bonchev–Trinajstić information content (AvgIpc) is 2.98. The van der Waals surface area contributed by atoms with Crippen LogP contribution in [0.15, 0.2) is 42.5 Å². The minimum absolute atomic E-state index is 0.00845. The van der Waals surface area contributed by atoms with Gasteiger partial charge in [-0.1, -0.05) is 49.4 Å². The van der Waals surface area contributed by atoms with Crippen molar-refractivity contribution in [3.63, 3.8) is 0 Å². The molecule has 2 fully saturated rings. The van der Waals surface area contributed by atoms with Crippen LogP contribution < -0.4 is 16.1 Å². The predicted octanol–water partition coefficient (Wildman–Crippen LogP) is 3.02. The Labute approximate surface area is 176 Å². The van der Waals surface area contributed by atoms with Gasteiger partial charge in [0.25, 0.3) is 11.8 Å². The van der Waals surface area contributed by atoms with E-state index in [1.165, 1.54) is 0 Å². The quantitative estimate of drug-likeness (QED) is 0.664. The first-order valence-electron chi connectivity index (χ1n) is 10.6. The molecule has 1 spiro atoms. The summed E-state index contributed by atoms with van der Waals surface area (Å²) >= 11 is 0. The molecule has 1 heterocycles. The maximum atomic E-state index is 12.8. The van der Waals surface area contributed by atoms with Gasteiger partial charge in [-0.25, -0.2) is 4.79 Å². The number of amides is 4. The van der Waals surface area contributed by atoms with Gasteiger partial charge in [0.1, 0.15) is 5.54 Å². The summed E-state index contributed by atoms with van der Waals surface area (Å²) in [5.74, 6) is -0.231. The van der Waals surface area contributed by atoms with Crippen LogP contribution in [0.2, 0.25) is 0 Å². The number of urea groups is 1. The fourth-order valence-electron chi connectivity index (χ4n) is 4.46. The van der Waals surface area contributed by atoms with Gasteiger partial charge in [0.2, 0.25) is 0 Å². The van der Waals surface area contributed by atoms with Crippen molar-refractivity contribution in [3.8, 4) is 0 Å². The Morgan fingerprint density at radius 3 is 2.63 bits per heavy atom. The maximum Gasteiger partial charge on any atom is 0.344 e. The van der Waals surface area contributed by atoms with Gasteiger partial charge in [0.15, 0.2) is 0 Å². The van der Waals surface area contributed by atoms with E-state index in [1.54, 1.807) is 0 Å². The summed E-state index contributed by atoms with van der Waals surface area (Å²) in [6.07, 6.45) is 3.00. The number of nitrogens with zero attached hydrogens (tertiary/aromatic N) is 1. The molecule has 4 rings (SSSR count). The maximum absolute atomic E-state index is 12.8. The lowest BCUT2D eigenvalue weighted by molar-refractivity contribution is -0.139. The number of benzene rings is 2. The van der Waals surface area contributed by atoms with Crippen molar-refractivity contribution < 1.29 is 14.4 Å². The molecule has 7 nitrogen and oxygen atoms in total. The third-order valence-corrected chi connectivity index (χ3v) is 6.38. The number of nitrogens with one attached hydrogen (secondary N) is 3. The zero-order valence-corrected chi connectivity index (χ0v) is 17.4. The molecular formula is C23H28N4O3. The van der Waals surface area contributed by atoms with Gasteiger partial charge in [0, 0.05) is 6.04 Å². The molecule has 1 aliphatic carbocycles. The zero-order chi connectivity index (χ0) is 21.3. The monoisotopic (exact) mass is 408 g/mol. The van der Waals surface area contributed by atoms with Gasteiger partial charge < -0.3 is 10.6 Å². The number of rotatable bonds is 5. The van der Waals surface area contributed by atoms with Crippen molar-refractivity contribution >= 4 is 28.6 Å². The molecule has 1 atom stereocenters. The Morgan fingerprint density at radius 1 is 1.17 bits per heavy atom. The Hall–Kier alpha value is -2.93. The molecule has 2 aromatic carbocycles. The van der Waals surface area contributed by atoms with Crippen LogP contribution in [-0.2, 0) is 9.59 Å². The average molecular weight is 409 g/mol. The van der Waals surface area contributed by atoms with Crippen molar-refractivity contribution in [2.75, 3.05) is 6.54 Å². The molecule has 0 unspecified atom stereocenters. The highest BCUT2D eigenvalue weighted by molar-refractivity contribution is 6.08. The third-order valence-electron chi connectivity index (χ3n) is 6.38. The molecule has 1 saturated carbocycles. The Kier molecular flexibility index (Phi) is 5.47. The molecule has 2 aliphatic rings. The van der Waals surface area contributed by atoms with Gasteiger partial charge in [-0.15, -0.1) is 0 Å². The van der Waals surface area contributed by atoms with Gasteiger partial charge in [0.05, 0.1) is 6.54 Å². The predicted molar refractivity (Wildman–Crippen MR) is 114 cm³/mol. The van der Waals surface area contributed by atoms with E-state index in [9.17, 15) is 14.4 Å². The highest BCUT2D eigenvalue weighted by Crippen LogP contribution is 2.35. The topological polar surface area (TPSA) is 90.5 Å². The van der Waals surface area contributed by atoms with Crippen molar-refractivity contribution in [1.82, 2.24) is 21.1 Å². The first-order chi connectivity index (χ1) is 14.4. The standard InChI is InChI=1S/C23H28N4O3/c1-15-10-12-23(13-11-15)21(29)27(22(30)25-23)26-20(28)14-24-16(2)18-9-5-7-17-6-3-4-8-19(17)18/h3-9,15-16,24H,10-14H2,1-2H3,(H,25,30)(H,26,28)/t15?,16-,23?/m0/s1. The number of carbonyl (C=O) groups excluding carboxylic acids is 3. The van der Waals surface area contributed by atoms with Crippen molar-refractivity contribution in [2.45, 2.75) is 51.1 Å². The number of hydrogen-bond acceptors (Lipinski definition) is 4. The molecule has 3 N–H and O–H groups in total. The molecule has 30 heavy (non-hydrogen) atoms. The smallest absolute Gasteiger partial charge is 0.322 e. The zero-order valence-electron chi connectivity index (χ0n) is 17.4. The summed E-state index contributed by atoms with van der Waals surface area (Å²) in [4.78, 5) is 37.7. The van der Waals surface area contributed by atoms with Crippen LogP contribution in [0.3, 0.4) is 0 Å². The molecule has 7 heteroatoms. The van der Waals surface area contributed by atoms with Crippen LogP contribution in [0.5, 0.6) is 0 Å². The molecule has 0 radical (unpaired) electrons. The van der Waals surface area contributed by atoms with E-state index < -0.39 is 17.5 Å². The van der Waals surface area contributed by atoms with Crippen LogP contribution in [-0.4, -0.2) is 34.9 Å². The summed E-state index contributed by atoms with van der Waals surface area (Å²) in [6, 6.07) is 13.5. The summed E-state index contributed by atoms with van der Waals surface area (Å²) < 4.78 is 0. The summed E-state index contributed by atoms with van der Waals surface area (Å²) in [5.41, 5.74) is 2.70. The van der Waals surface area contributed by atoms with E-state index in [2.05, 4.69) is 41.2 Å². The van der Waals surface area contributed by atoms with E-state index in [0.717, 1.165) is 34.2 Å². The first-order valence-corrected chi connectivity index (χ1v) is 10.6. The summed E-state index contributed by atoms with van der Waals surface area (Å²) in [6.45, 7) is 4.13. The van der Waals surface area contributed by atoms with E-state index in [-0.39, 0.29) is 18.5 Å². The first kappa shape index (κ1) is 20.3. The van der Waals surface area contributed by atoms with E-state index in [4.69, 9.17) is 0 Å². The van der Waals surface area contributed by atoms with Gasteiger partial charge in [-0.05, 0) is 54.9 Å². The molecule has 0 aromatic heterocycles. The summed E-state index contributed by atoms with van der Waals surface area (Å²) in [5, 5.41) is 9.11. The highest BCUT2D eigenvalue weighted by atomic mass is 16.2. The van der Waals surface area contributed by atoms with Gasteiger partial charge >= 0.3 is 6.03 Å². The second-order valence-corrected chi connectivity index (χ2v) is 8.54. The molecule has 4 amide bonds. The Morgan fingerprint density at radius 2 is 1.87 bits per heavy atom. The second kappa shape index (κ2) is 8.07. The lowest BCUT2D eigenvalue weighted by Crippen LogP contribution is -2.52. The molecule has 0 bridgehead atoms. The van der Waals surface area contributed by atoms with Crippen LogP contribution >= 0.6 is 0 Å². The Balaban J connectivity index is 1.37. The lowest BCUT2D eigenvalue weighted by atomic mass is 9.77.